The van der Waals surface area contributed by atoms with Gasteiger partial charge in [-0.1, -0.05) is 6.42 Å². The Kier molecular flexibility index (Phi) is 9.48. The molecule has 2 aliphatic heterocycles. The van der Waals surface area contributed by atoms with E-state index in [9.17, 15) is 9.59 Å². The first-order valence-electron chi connectivity index (χ1n) is 12.4. The summed E-state index contributed by atoms with van der Waals surface area (Å²) in [6.45, 7) is 3.16. The zero-order chi connectivity index (χ0) is 24.5. The Morgan fingerprint density at radius 3 is 2.66 bits per heavy atom. The summed E-state index contributed by atoms with van der Waals surface area (Å²) >= 11 is 3.62. The highest BCUT2D eigenvalue weighted by Gasteiger charge is 2.38. The van der Waals surface area contributed by atoms with Gasteiger partial charge in [-0.3, -0.25) is 9.59 Å². The molecule has 2 N–H and O–H groups in total. The summed E-state index contributed by atoms with van der Waals surface area (Å²) < 4.78 is 10.9. The molecule has 2 saturated heterocycles. The van der Waals surface area contributed by atoms with E-state index in [0.717, 1.165) is 48.3 Å². The highest BCUT2D eigenvalue weighted by atomic mass is 32.2. The van der Waals surface area contributed by atoms with E-state index in [1.165, 1.54) is 11.3 Å². The van der Waals surface area contributed by atoms with E-state index >= 15 is 0 Å². The van der Waals surface area contributed by atoms with Crippen LogP contribution in [0.3, 0.4) is 0 Å². The molecule has 0 radical (unpaired) electrons. The van der Waals surface area contributed by atoms with Gasteiger partial charge in [0.2, 0.25) is 5.91 Å². The third-order valence-electron chi connectivity index (χ3n) is 6.18. The van der Waals surface area contributed by atoms with Crippen molar-refractivity contribution in [1.29, 1.82) is 0 Å². The summed E-state index contributed by atoms with van der Waals surface area (Å²) in [6, 6.07) is 12.1. The summed E-state index contributed by atoms with van der Waals surface area (Å²) in [5, 5.41) is 2.72. The Hall–Kier alpha value is -2.07. The summed E-state index contributed by atoms with van der Waals surface area (Å²) in [7, 11) is 0. The maximum Gasteiger partial charge on any atom is 0.257 e. The van der Waals surface area contributed by atoms with Crippen LogP contribution in [0.2, 0.25) is 0 Å². The number of carbonyl (C=O) groups excluding carboxylic acids is 2. The standard InChI is InChI=1S/C26H34N2O5S2/c1-2-27-24(30)18-32-20-10-8-19(9-11-20)21-12-13-22(35-21)26(14-4-6-16-34-26)17-23(29)28-33-25-7-3-5-15-31-25/h8-13,25H,2-7,14-18H2,1H3,(H,27,30)(H,28,29)/t25?,26-/m0/s1. The van der Waals surface area contributed by atoms with E-state index in [0.29, 0.717) is 25.3 Å². The minimum Gasteiger partial charge on any atom is -0.484 e. The van der Waals surface area contributed by atoms with Crippen LogP contribution in [-0.2, 0) is 23.9 Å². The third kappa shape index (κ3) is 7.22. The molecule has 1 aromatic heterocycles. The topological polar surface area (TPSA) is 85.9 Å². The predicted octanol–water partition coefficient (Wildman–Crippen LogP) is 5.01. The Balaban J connectivity index is 1.40. The number of ether oxygens (including phenoxy) is 2. The van der Waals surface area contributed by atoms with Crippen LogP contribution in [0, 0.1) is 0 Å². The molecule has 0 spiro atoms. The monoisotopic (exact) mass is 518 g/mol. The molecule has 2 fully saturated rings. The molecular weight excluding hydrogens is 484 g/mol. The maximum absolute atomic E-state index is 12.9. The fraction of sp³-hybridized carbons (Fsp3) is 0.538. The van der Waals surface area contributed by atoms with Gasteiger partial charge in [-0.05, 0) is 80.3 Å². The number of hydrogen-bond acceptors (Lipinski definition) is 7. The molecule has 2 aromatic rings. The zero-order valence-electron chi connectivity index (χ0n) is 20.2. The van der Waals surface area contributed by atoms with Crippen molar-refractivity contribution in [3.63, 3.8) is 0 Å². The first kappa shape index (κ1) is 26.0. The van der Waals surface area contributed by atoms with Gasteiger partial charge in [0.15, 0.2) is 12.9 Å². The van der Waals surface area contributed by atoms with Gasteiger partial charge < -0.3 is 14.8 Å². The summed E-state index contributed by atoms with van der Waals surface area (Å²) in [6.07, 6.45) is 6.20. The van der Waals surface area contributed by atoms with Gasteiger partial charge in [0.1, 0.15) is 5.75 Å². The van der Waals surface area contributed by atoms with Crippen LogP contribution in [0.4, 0.5) is 0 Å². The third-order valence-corrected chi connectivity index (χ3v) is 9.26. The molecule has 0 aliphatic carbocycles. The molecule has 0 bridgehead atoms. The molecule has 9 heteroatoms. The Bertz CT molecular complexity index is 966. The first-order valence-corrected chi connectivity index (χ1v) is 14.2. The van der Waals surface area contributed by atoms with E-state index in [1.54, 1.807) is 11.3 Å². The van der Waals surface area contributed by atoms with Crippen molar-refractivity contribution in [2.24, 2.45) is 0 Å². The van der Waals surface area contributed by atoms with Gasteiger partial charge in [0.25, 0.3) is 5.91 Å². The number of rotatable bonds is 10. The van der Waals surface area contributed by atoms with Crippen LogP contribution in [0.15, 0.2) is 36.4 Å². The van der Waals surface area contributed by atoms with Crippen molar-refractivity contribution < 1.29 is 23.9 Å². The van der Waals surface area contributed by atoms with E-state index in [2.05, 4.69) is 22.9 Å². The number of nitrogens with one attached hydrogen (secondary N) is 2. The lowest BCUT2D eigenvalue weighted by molar-refractivity contribution is -0.200. The molecule has 4 rings (SSSR count). The fourth-order valence-corrected chi connectivity index (χ4v) is 7.25. The lowest BCUT2D eigenvalue weighted by Gasteiger charge is -2.35. The van der Waals surface area contributed by atoms with E-state index < -0.39 is 0 Å². The predicted molar refractivity (Wildman–Crippen MR) is 139 cm³/mol. The van der Waals surface area contributed by atoms with E-state index in [1.807, 2.05) is 43.0 Å². The van der Waals surface area contributed by atoms with Crippen LogP contribution in [0.5, 0.6) is 5.75 Å². The Morgan fingerprint density at radius 2 is 1.94 bits per heavy atom. The summed E-state index contributed by atoms with van der Waals surface area (Å²) in [5.74, 6) is 1.48. The molecular formula is C26H34N2O5S2. The molecule has 1 aromatic carbocycles. The molecule has 7 nitrogen and oxygen atoms in total. The van der Waals surface area contributed by atoms with Crippen LogP contribution < -0.4 is 15.5 Å². The van der Waals surface area contributed by atoms with Crippen molar-refractivity contribution in [1.82, 2.24) is 10.8 Å². The molecule has 1 unspecified atom stereocenters. The molecule has 190 valence electrons. The number of hydrogen-bond donors (Lipinski definition) is 2. The van der Waals surface area contributed by atoms with Crippen LogP contribution in [-0.4, -0.2) is 43.6 Å². The van der Waals surface area contributed by atoms with Gasteiger partial charge in [-0.15, -0.1) is 23.1 Å². The summed E-state index contributed by atoms with van der Waals surface area (Å²) in [5.41, 5.74) is 3.74. The average Bonchev–Trinajstić information content (AvgIpc) is 3.39. The number of hydroxylamine groups is 1. The number of amides is 2. The van der Waals surface area contributed by atoms with Gasteiger partial charge in [0, 0.05) is 35.7 Å². The lowest BCUT2D eigenvalue weighted by Crippen LogP contribution is -2.37. The second kappa shape index (κ2) is 12.8. The molecule has 35 heavy (non-hydrogen) atoms. The normalized spacial score (nSPS) is 22.4. The molecule has 0 saturated carbocycles. The second-order valence-corrected chi connectivity index (χ2v) is 11.4. The average molecular weight is 519 g/mol. The first-order chi connectivity index (χ1) is 17.1. The number of carbonyl (C=O) groups is 2. The van der Waals surface area contributed by atoms with Gasteiger partial charge in [-0.25, -0.2) is 10.3 Å². The van der Waals surface area contributed by atoms with Crippen molar-refractivity contribution in [3.05, 3.63) is 41.3 Å². The van der Waals surface area contributed by atoms with Gasteiger partial charge in [-0.2, -0.15) is 0 Å². The van der Waals surface area contributed by atoms with Crippen LogP contribution in [0.1, 0.15) is 56.7 Å². The molecule has 3 heterocycles. The van der Waals surface area contributed by atoms with Crippen molar-refractivity contribution in [2.45, 2.75) is 62.9 Å². The highest BCUT2D eigenvalue weighted by Crippen LogP contribution is 2.50. The number of thioether (sulfide) groups is 1. The second-order valence-electron chi connectivity index (χ2n) is 8.85. The van der Waals surface area contributed by atoms with Crippen LogP contribution >= 0.6 is 23.1 Å². The molecule has 2 amide bonds. The van der Waals surface area contributed by atoms with E-state index in [4.69, 9.17) is 14.3 Å². The van der Waals surface area contributed by atoms with Crippen molar-refractivity contribution >= 4 is 34.9 Å². The lowest BCUT2D eigenvalue weighted by atomic mass is 9.94. The van der Waals surface area contributed by atoms with Crippen LogP contribution in [0.25, 0.3) is 10.4 Å². The number of likely N-dealkylation sites (N-methyl/N-ethyl adjacent to an activating group) is 1. The van der Waals surface area contributed by atoms with E-state index in [-0.39, 0.29) is 29.5 Å². The largest absolute Gasteiger partial charge is 0.484 e. The van der Waals surface area contributed by atoms with Gasteiger partial charge in [0.05, 0.1) is 4.75 Å². The Labute approximate surface area is 215 Å². The van der Waals surface area contributed by atoms with Gasteiger partial charge >= 0.3 is 0 Å². The van der Waals surface area contributed by atoms with Crippen molar-refractivity contribution in [2.75, 3.05) is 25.5 Å². The highest BCUT2D eigenvalue weighted by molar-refractivity contribution is 8.00. The minimum atomic E-state index is -0.344. The quantitative estimate of drug-likeness (QED) is 0.430. The fourth-order valence-electron chi connectivity index (χ4n) is 4.35. The molecule has 2 aliphatic rings. The maximum atomic E-state index is 12.9. The smallest absolute Gasteiger partial charge is 0.257 e. The minimum absolute atomic E-state index is 0.00866. The summed E-state index contributed by atoms with van der Waals surface area (Å²) in [4.78, 5) is 32.4. The number of thiophene rings is 1. The zero-order valence-corrected chi connectivity index (χ0v) is 21.8. The number of benzene rings is 1. The van der Waals surface area contributed by atoms with Crippen molar-refractivity contribution in [3.8, 4) is 16.2 Å². The Morgan fingerprint density at radius 1 is 1.09 bits per heavy atom. The SMILES string of the molecule is CCNC(=O)COc1ccc(-c2ccc([C@@]3(CC(=O)NOC4CCCCO4)CCCCS3)s2)cc1. The molecule has 2 atom stereocenters.